The van der Waals surface area contributed by atoms with Crippen molar-refractivity contribution in [3.05, 3.63) is 71.4 Å². The Kier molecular flexibility index (Phi) is 6.62. The summed E-state index contributed by atoms with van der Waals surface area (Å²) in [6, 6.07) is 15.0. The number of carbonyl (C=O) groups excluding carboxylic acids is 2. The Labute approximate surface area is 219 Å². The van der Waals surface area contributed by atoms with Gasteiger partial charge in [-0.05, 0) is 55.8 Å². The first-order valence-electron chi connectivity index (χ1n) is 11.9. The Balaban J connectivity index is 1.62. The Morgan fingerprint density at radius 3 is 2.50 bits per heavy atom. The molecule has 11 heteroatoms. The third kappa shape index (κ3) is 4.84. The minimum absolute atomic E-state index is 0.0254. The van der Waals surface area contributed by atoms with Crippen LogP contribution < -0.4 is 10.1 Å². The molecule has 1 aliphatic rings. The highest BCUT2D eigenvalue weighted by atomic mass is 32.2. The molecule has 10 nitrogen and oxygen atoms in total. The predicted molar refractivity (Wildman–Crippen MR) is 142 cm³/mol. The van der Waals surface area contributed by atoms with E-state index in [1.165, 1.54) is 7.11 Å². The van der Waals surface area contributed by atoms with Crippen LogP contribution in [0.5, 0.6) is 5.75 Å². The van der Waals surface area contributed by atoms with Gasteiger partial charge in [-0.3, -0.25) is 4.79 Å². The predicted octanol–water partition coefficient (Wildman–Crippen LogP) is 3.81. The van der Waals surface area contributed by atoms with Crippen molar-refractivity contribution in [1.29, 1.82) is 0 Å². The molecule has 0 aliphatic carbocycles. The van der Waals surface area contributed by atoms with Gasteiger partial charge in [-0.25, -0.2) is 22.9 Å². The van der Waals surface area contributed by atoms with Crippen LogP contribution in [0.3, 0.4) is 0 Å². The number of carbonyl (C=O) groups is 2. The maximum absolute atomic E-state index is 13.6. The number of nitrogens with zero attached hydrogens (tertiary/aromatic N) is 3. The molecular weight excluding hydrogens is 508 g/mol. The van der Waals surface area contributed by atoms with Crippen LogP contribution in [-0.2, 0) is 14.6 Å². The van der Waals surface area contributed by atoms with Gasteiger partial charge in [0.1, 0.15) is 5.75 Å². The van der Waals surface area contributed by atoms with E-state index in [1.807, 2.05) is 24.3 Å². The summed E-state index contributed by atoms with van der Waals surface area (Å²) in [4.78, 5) is 30.2. The summed E-state index contributed by atoms with van der Waals surface area (Å²) in [6.07, 6.45) is 0.428. The number of esters is 1. The van der Waals surface area contributed by atoms with Gasteiger partial charge < -0.3 is 14.8 Å². The molecule has 1 unspecified atom stereocenters. The standard InChI is InChI=1S/C27H26N4O6S/c1-16-24-22(26(32)28-19-9-7-17(8-10-19)27(33)37-3)14-23(18-5-4-6-21(13-18)36-2)29-25(24)31(30-16)20-11-12-38(34,35)15-20/h4-10,13-14,20H,11-12,15H2,1-3H3,(H,28,32). The monoisotopic (exact) mass is 534 g/mol. The van der Waals surface area contributed by atoms with Crippen LogP contribution in [0.25, 0.3) is 22.3 Å². The smallest absolute Gasteiger partial charge is 0.337 e. The largest absolute Gasteiger partial charge is 0.497 e. The van der Waals surface area contributed by atoms with Crippen LogP contribution in [0.1, 0.15) is 38.9 Å². The molecule has 0 radical (unpaired) electrons. The van der Waals surface area contributed by atoms with Gasteiger partial charge >= 0.3 is 5.97 Å². The SMILES string of the molecule is COC(=O)c1ccc(NC(=O)c2cc(-c3cccc(OC)c3)nc3c2c(C)nn3C2CCS(=O)(=O)C2)cc1. The maximum Gasteiger partial charge on any atom is 0.337 e. The summed E-state index contributed by atoms with van der Waals surface area (Å²) in [7, 11) is -0.300. The Morgan fingerprint density at radius 1 is 1.08 bits per heavy atom. The van der Waals surface area contributed by atoms with Gasteiger partial charge in [0.25, 0.3) is 5.91 Å². The summed E-state index contributed by atoms with van der Waals surface area (Å²) < 4.78 is 36.2. The highest BCUT2D eigenvalue weighted by Gasteiger charge is 2.32. The number of amides is 1. The fourth-order valence-electron chi connectivity index (χ4n) is 4.65. The molecule has 0 spiro atoms. The molecule has 0 bridgehead atoms. The van der Waals surface area contributed by atoms with Crippen molar-refractivity contribution in [1.82, 2.24) is 14.8 Å². The summed E-state index contributed by atoms with van der Waals surface area (Å²) in [5, 5.41) is 8.05. The Morgan fingerprint density at radius 2 is 1.84 bits per heavy atom. The molecule has 1 atom stereocenters. The van der Waals surface area contributed by atoms with Gasteiger partial charge in [0, 0.05) is 11.3 Å². The number of anilines is 1. The molecule has 0 saturated carbocycles. The minimum atomic E-state index is -3.17. The zero-order valence-corrected chi connectivity index (χ0v) is 21.9. The molecule has 196 valence electrons. The quantitative estimate of drug-likeness (QED) is 0.370. The first kappa shape index (κ1) is 25.4. The van der Waals surface area contributed by atoms with E-state index >= 15 is 0 Å². The highest BCUT2D eigenvalue weighted by Crippen LogP contribution is 2.33. The second kappa shape index (κ2) is 9.90. The molecule has 5 rings (SSSR count). The number of nitrogens with one attached hydrogen (secondary N) is 1. The second-order valence-electron chi connectivity index (χ2n) is 9.10. The van der Waals surface area contributed by atoms with Gasteiger partial charge in [0.2, 0.25) is 0 Å². The number of hydrogen-bond donors (Lipinski definition) is 1. The van der Waals surface area contributed by atoms with E-state index in [9.17, 15) is 18.0 Å². The minimum Gasteiger partial charge on any atom is -0.497 e. The molecule has 1 aliphatic heterocycles. The first-order valence-corrected chi connectivity index (χ1v) is 13.8. The molecule has 1 amide bonds. The van der Waals surface area contributed by atoms with Crippen LogP contribution in [0, 0.1) is 6.92 Å². The fourth-order valence-corrected chi connectivity index (χ4v) is 6.34. The van der Waals surface area contributed by atoms with E-state index in [4.69, 9.17) is 14.5 Å². The van der Waals surface area contributed by atoms with Crippen molar-refractivity contribution in [3.63, 3.8) is 0 Å². The van der Waals surface area contributed by atoms with E-state index in [2.05, 4.69) is 10.4 Å². The topological polar surface area (TPSA) is 129 Å². The molecule has 38 heavy (non-hydrogen) atoms. The van der Waals surface area contributed by atoms with Crippen LogP contribution in [-0.4, -0.2) is 60.8 Å². The number of aromatic nitrogens is 3. The average Bonchev–Trinajstić information content (AvgIpc) is 3.46. The number of methoxy groups -OCH3 is 2. The number of fused-ring (bicyclic) bond motifs is 1. The van der Waals surface area contributed by atoms with Crippen LogP contribution >= 0.6 is 0 Å². The molecule has 1 saturated heterocycles. The lowest BCUT2D eigenvalue weighted by Gasteiger charge is -2.13. The Hall–Kier alpha value is -4.25. The molecule has 2 aromatic heterocycles. The molecule has 3 heterocycles. The zero-order valence-electron chi connectivity index (χ0n) is 21.1. The number of benzene rings is 2. The van der Waals surface area contributed by atoms with Gasteiger partial charge in [-0.2, -0.15) is 5.10 Å². The van der Waals surface area contributed by atoms with Crippen LogP contribution in [0.15, 0.2) is 54.6 Å². The summed E-state index contributed by atoms with van der Waals surface area (Å²) in [5.41, 5.74) is 3.45. The second-order valence-corrected chi connectivity index (χ2v) is 11.3. The van der Waals surface area contributed by atoms with E-state index in [0.29, 0.717) is 51.4 Å². The summed E-state index contributed by atoms with van der Waals surface area (Å²) in [5.74, 6) is -0.175. The lowest BCUT2D eigenvalue weighted by atomic mass is 10.0. The number of sulfone groups is 1. The van der Waals surface area contributed by atoms with Crippen molar-refractivity contribution in [2.24, 2.45) is 0 Å². The van der Waals surface area contributed by atoms with Crippen molar-refractivity contribution in [3.8, 4) is 17.0 Å². The maximum atomic E-state index is 13.6. The van der Waals surface area contributed by atoms with E-state index < -0.39 is 21.7 Å². The molecular formula is C27H26N4O6S. The van der Waals surface area contributed by atoms with E-state index in [0.717, 1.165) is 5.56 Å². The number of hydrogen-bond acceptors (Lipinski definition) is 8. The number of aryl methyl sites for hydroxylation is 1. The number of rotatable bonds is 6. The summed E-state index contributed by atoms with van der Waals surface area (Å²) >= 11 is 0. The first-order chi connectivity index (χ1) is 18.2. The van der Waals surface area contributed by atoms with Gasteiger partial charge in [0.15, 0.2) is 15.5 Å². The number of pyridine rings is 1. The highest BCUT2D eigenvalue weighted by molar-refractivity contribution is 7.91. The third-order valence-electron chi connectivity index (χ3n) is 6.57. The van der Waals surface area contributed by atoms with Gasteiger partial charge in [-0.1, -0.05) is 12.1 Å². The molecule has 2 aromatic carbocycles. The lowest BCUT2D eigenvalue weighted by molar-refractivity contribution is 0.0600. The fraction of sp³-hybridized carbons (Fsp3) is 0.259. The van der Waals surface area contributed by atoms with Gasteiger partial charge in [0.05, 0.1) is 59.7 Å². The molecule has 1 N–H and O–H groups in total. The van der Waals surface area contributed by atoms with Crippen molar-refractivity contribution in [2.75, 3.05) is 31.0 Å². The van der Waals surface area contributed by atoms with Crippen LogP contribution in [0.4, 0.5) is 5.69 Å². The van der Waals surface area contributed by atoms with Gasteiger partial charge in [-0.15, -0.1) is 0 Å². The van der Waals surface area contributed by atoms with E-state index in [-0.39, 0.29) is 17.5 Å². The number of ether oxygens (including phenoxy) is 2. The van der Waals surface area contributed by atoms with Crippen molar-refractivity contribution in [2.45, 2.75) is 19.4 Å². The zero-order chi connectivity index (χ0) is 27.0. The van der Waals surface area contributed by atoms with E-state index in [1.54, 1.807) is 49.0 Å². The normalized spacial score (nSPS) is 16.3. The summed E-state index contributed by atoms with van der Waals surface area (Å²) in [6.45, 7) is 1.77. The van der Waals surface area contributed by atoms with Crippen LogP contribution in [0.2, 0.25) is 0 Å². The van der Waals surface area contributed by atoms with Crippen molar-refractivity contribution >= 4 is 38.4 Å². The molecule has 1 fully saturated rings. The average molecular weight is 535 g/mol. The third-order valence-corrected chi connectivity index (χ3v) is 8.32. The molecule has 4 aromatic rings. The van der Waals surface area contributed by atoms with Crippen molar-refractivity contribution < 1.29 is 27.5 Å². The Bertz CT molecular complexity index is 1660. The lowest BCUT2D eigenvalue weighted by Crippen LogP contribution is -2.15.